The van der Waals surface area contributed by atoms with Crippen molar-refractivity contribution in [3.63, 3.8) is 0 Å². The van der Waals surface area contributed by atoms with Crippen LogP contribution in [0.1, 0.15) is 16.8 Å². The summed E-state index contributed by atoms with van der Waals surface area (Å²) in [4.78, 5) is 3.69. The molecule has 0 unspecified atom stereocenters. The van der Waals surface area contributed by atoms with Gasteiger partial charge in [0, 0.05) is 6.20 Å². The lowest BCUT2D eigenvalue weighted by Gasteiger charge is -2.06. The minimum Gasteiger partial charge on any atom is -0.255 e. The fourth-order valence-electron chi connectivity index (χ4n) is 1.41. The van der Waals surface area contributed by atoms with Crippen LogP contribution in [-0.2, 0) is 6.18 Å². The summed E-state index contributed by atoms with van der Waals surface area (Å²) >= 11 is 1.47. The molecule has 6 heteroatoms. The van der Waals surface area contributed by atoms with E-state index in [0.29, 0.717) is 0 Å². The third-order valence-corrected chi connectivity index (χ3v) is 3.04. The van der Waals surface area contributed by atoms with Gasteiger partial charge in [-0.25, -0.2) is 0 Å². The molecule has 0 aromatic carbocycles. The first-order chi connectivity index (χ1) is 9.00. The molecule has 2 aromatic heterocycles. The molecule has 2 rings (SSSR count). The van der Waals surface area contributed by atoms with Crippen LogP contribution in [0.5, 0.6) is 0 Å². The van der Waals surface area contributed by atoms with Gasteiger partial charge in [0.25, 0.3) is 0 Å². The average Bonchev–Trinajstić information content (AvgIpc) is 2.88. The first-order valence-electron chi connectivity index (χ1n) is 5.18. The van der Waals surface area contributed by atoms with Crippen molar-refractivity contribution in [2.24, 2.45) is 0 Å². The molecule has 0 saturated heterocycles. The zero-order chi connectivity index (χ0) is 13.9. The normalized spacial score (nSPS) is 12.2. The first-order valence-corrected chi connectivity index (χ1v) is 6.12. The number of hydrogen-bond acceptors (Lipinski definition) is 3. The molecule has 0 saturated carbocycles. The Hall–Kier alpha value is -2.13. The molecule has 0 aliphatic rings. The maximum Gasteiger partial charge on any atom is 0.417 e. The van der Waals surface area contributed by atoms with Crippen LogP contribution >= 0.6 is 11.3 Å². The van der Waals surface area contributed by atoms with Gasteiger partial charge in [0.1, 0.15) is 6.07 Å². The molecule has 2 heterocycles. The van der Waals surface area contributed by atoms with Crippen molar-refractivity contribution in [2.45, 2.75) is 6.18 Å². The summed E-state index contributed by atoms with van der Waals surface area (Å²) < 4.78 is 37.2. The fraction of sp³-hybridized carbons (Fsp3) is 0.0769. The molecule has 0 N–H and O–H groups in total. The number of pyridine rings is 1. The maximum absolute atomic E-state index is 12.4. The molecule has 0 spiro atoms. The summed E-state index contributed by atoms with van der Waals surface area (Å²) in [6.45, 7) is 0. The third-order valence-electron chi connectivity index (χ3n) is 2.34. The highest BCUT2D eigenvalue weighted by atomic mass is 32.1. The van der Waals surface area contributed by atoms with Gasteiger partial charge >= 0.3 is 6.18 Å². The lowest BCUT2D eigenvalue weighted by molar-refractivity contribution is -0.137. The van der Waals surface area contributed by atoms with Crippen LogP contribution in [0.3, 0.4) is 0 Å². The molecule has 0 aliphatic carbocycles. The highest BCUT2D eigenvalue weighted by molar-refractivity contribution is 7.08. The van der Waals surface area contributed by atoms with E-state index in [9.17, 15) is 13.2 Å². The van der Waals surface area contributed by atoms with E-state index in [4.69, 9.17) is 5.26 Å². The van der Waals surface area contributed by atoms with Crippen LogP contribution in [-0.4, -0.2) is 4.98 Å². The number of nitriles is 1. The molecular weight excluding hydrogens is 273 g/mol. The molecule has 0 amide bonds. The second kappa shape index (κ2) is 5.24. The average molecular weight is 280 g/mol. The van der Waals surface area contributed by atoms with Crippen molar-refractivity contribution in [1.29, 1.82) is 5.26 Å². The predicted octanol–water partition coefficient (Wildman–Crippen LogP) is 4.23. The van der Waals surface area contributed by atoms with Gasteiger partial charge in [0.05, 0.1) is 16.8 Å². The number of alkyl halides is 3. The molecule has 0 atom stereocenters. The quantitative estimate of drug-likeness (QED) is 0.772. The fourth-order valence-corrected chi connectivity index (χ4v) is 2.03. The van der Waals surface area contributed by atoms with E-state index >= 15 is 0 Å². The first kappa shape index (κ1) is 13.3. The van der Waals surface area contributed by atoms with Gasteiger partial charge < -0.3 is 0 Å². The summed E-state index contributed by atoms with van der Waals surface area (Å²) in [6.07, 6.45) is -2.10. The summed E-state index contributed by atoms with van der Waals surface area (Å²) in [7, 11) is 0. The van der Waals surface area contributed by atoms with Crippen LogP contribution < -0.4 is 0 Å². The van der Waals surface area contributed by atoms with Gasteiger partial charge in [-0.3, -0.25) is 4.98 Å². The van der Waals surface area contributed by atoms with Crippen molar-refractivity contribution in [3.8, 4) is 6.07 Å². The molecule has 2 aromatic rings. The van der Waals surface area contributed by atoms with Crippen molar-refractivity contribution >= 4 is 23.0 Å². The third kappa shape index (κ3) is 3.20. The minimum atomic E-state index is -4.42. The van der Waals surface area contributed by atoms with Gasteiger partial charge in [-0.2, -0.15) is 29.8 Å². The minimum absolute atomic E-state index is 0.224. The van der Waals surface area contributed by atoms with Gasteiger partial charge in [-0.15, -0.1) is 0 Å². The Morgan fingerprint density at radius 3 is 2.58 bits per heavy atom. The number of halogens is 3. The van der Waals surface area contributed by atoms with E-state index in [0.717, 1.165) is 17.8 Å². The number of rotatable bonds is 2. The summed E-state index contributed by atoms with van der Waals surface area (Å²) in [6, 6.07) is 5.86. The standard InChI is InChI=1S/C13H7F3N2S/c14-13(15,16)11-1-2-12(18-7-11)10(6-17)5-9-3-4-19-8-9/h1-5,7-8H/b10-5+. The maximum atomic E-state index is 12.4. The Kier molecular flexibility index (Phi) is 3.67. The predicted molar refractivity (Wildman–Crippen MR) is 67.0 cm³/mol. The monoisotopic (exact) mass is 280 g/mol. The van der Waals surface area contributed by atoms with Crippen LogP contribution in [0.25, 0.3) is 11.6 Å². The van der Waals surface area contributed by atoms with Gasteiger partial charge in [0.2, 0.25) is 0 Å². The molecule has 96 valence electrons. The molecule has 0 bridgehead atoms. The number of aromatic nitrogens is 1. The van der Waals surface area contributed by atoms with Crippen LogP contribution in [0.15, 0.2) is 35.2 Å². The van der Waals surface area contributed by atoms with Crippen LogP contribution in [0, 0.1) is 11.3 Å². The molecular formula is C13H7F3N2S. The summed E-state index contributed by atoms with van der Waals surface area (Å²) in [5.74, 6) is 0. The van der Waals surface area contributed by atoms with Gasteiger partial charge in [0.15, 0.2) is 0 Å². The van der Waals surface area contributed by atoms with E-state index in [-0.39, 0.29) is 11.3 Å². The molecule has 2 nitrogen and oxygen atoms in total. The highest BCUT2D eigenvalue weighted by Crippen LogP contribution is 2.29. The van der Waals surface area contributed by atoms with E-state index in [1.807, 2.05) is 22.9 Å². The van der Waals surface area contributed by atoms with Crippen molar-refractivity contribution in [3.05, 3.63) is 52.0 Å². The lowest BCUT2D eigenvalue weighted by atomic mass is 10.1. The molecule has 19 heavy (non-hydrogen) atoms. The topological polar surface area (TPSA) is 36.7 Å². The van der Waals surface area contributed by atoms with Crippen molar-refractivity contribution in [2.75, 3.05) is 0 Å². The molecule has 0 radical (unpaired) electrons. The van der Waals surface area contributed by atoms with E-state index in [2.05, 4.69) is 4.98 Å². The Labute approximate surface area is 111 Å². The Morgan fingerprint density at radius 2 is 2.11 bits per heavy atom. The highest BCUT2D eigenvalue weighted by Gasteiger charge is 2.30. The Morgan fingerprint density at radius 1 is 1.32 bits per heavy atom. The lowest BCUT2D eigenvalue weighted by Crippen LogP contribution is -2.05. The van der Waals surface area contributed by atoms with Crippen molar-refractivity contribution in [1.82, 2.24) is 4.98 Å². The largest absolute Gasteiger partial charge is 0.417 e. The molecule has 0 fully saturated rings. The van der Waals surface area contributed by atoms with Crippen LogP contribution in [0.2, 0.25) is 0 Å². The van der Waals surface area contributed by atoms with Gasteiger partial charge in [-0.05, 0) is 40.6 Å². The number of thiophene rings is 1. The molecule has 0 aliphatic heterocycles. The van der Waals surface area contributed by atoms with E-state index in [1.54, 1.807) is 6.08 Å². The smallest absolute Gasteiger partial charge is 0.255 e. The zero-order valence-corrected chi connectivity index (χ0v) is 10.3. The Bertz CT molecular complexity index is 619. The zero-order valence-electron chi connectivity index (χ0n) is 9.48. The summed E-state index contributed by atoms with van der Waals surface area (Å²) in [5, 5.41) is 12.7. The summed E-state index contributed by atoms with van der Waals surface area (Å²) in [5.41, 5.74) is 0.446. The second-order valence-electron chi connectivity index (χ2n) is 3.66. The second-order valence-corrected chi connectivity index (χ2v) is 4.44. The van der Waals surface area contributed by atoms with E-state index in [1.165, 1.54) is 17.4 Å². The SMILES string of the molecule is N#C/C(=C\c1ccsc1)c1ccc(C(F)(F)F)cn1. The number of allylic oxidation sites excluding steroid dienone is 1. The Balaban J connectivity index is 2.33. The number of hydrogen-bond donors (Lipinski definition) is 0. The van der Waals surface area contributed by atoms with Crippen LogP contribution in [0.4, 0.5) is 13.2 Å². The van der Waals surface area contributed by atoms with E-state index < -0.39 is 11.7 Å². The number of nitrogens with zero attached hydrogens (tertiary/aromatic N) is 2. The van der Waals surface area contributed by atoms with Gasteiger partial charge in [-0.1, -0.05) is 0 Å². The van der Waals surface area contributed by atoms with Crippen molar-refractivity contribution < 1.29 is 13.2 Å².